The summed E-state index contributed by atoms with van der Waals surface area (Å²) in [5, 5.41) is 0.576. The third-order valence-corrected chi connectivity index (χ3v) is 7.47. The van der Waals surface area contributed by atoms with Crippen LogP contribution >= 0.6 is 23.7 Å². The van der Waals surface area contributed by atoms with Crippen LogP contribution < -0.4 is 9.64 Å². The lowest BCUT2D eigenvalue weighted by Gasteiger charge is -2.22. The van der Waals surface area contributed by atoms with E-state index in [0.717, 1.165) is 4.70 Å². The topological polar surface area (TPSA) is 79.8 Å². The molecule has 0 aliphatic rings. The first-order valence-electron chi connectivity index (χ1n) is 9.49. The van der Waals surface area contributed by atoms with Crippen LogP contribution in [0.3, 0.4) is 0 Å². The number of para-hydroxylation sites is 1. The summed E-state index contributed by atoms with van der Waals surface area (Å²) in [6, 6.07) is 11.8. The number of thiazole rings is 1. The average molecular weight is 484 g/mol. The van der Waals surface area contributed by atoms with Gasteiger partial charge >= 0.3 is 0 Å². The number of carbonyl (C=O) groups is 1. The number of benzene rings is 2. The number of aromatic nitrogens is 1. The standard InChI is InChI=1S/C21H25N3O4S2.ClH/c1-5-30(26,27)16-11-9-15(10-12-16)20(25)24(14-13-23(2)3)21-22-19-17(28-4)7-6-8-18(19)29-21;/h6-12H,5,13-14H2,1-4H3;1H. The van der Waals surface area contributed by atoms with Gasteiger partial charge in [-0.1, -0.05) is 24.3 Å². The Hall–Kier alpha value is -2.20. The molecule has 31 heavy (non-hydrogen) atoms. The van der Waals surface area contributed by atoms with Crippen LogP contribution in [0.15, 0.2) is 47.4 Å². The minimum absolute atomic E-state index is 0. The maximum absolute atomic E-state index is 13.3. The number of fused-ring (bicyclic) bond motifs is 1. The van der Waals surface area contributed by atoms with Crippen molar-refractivity contribution in [1.29, 1.82) is 0 Å². The summed E-state index contributed by atoms with van der Waals surface area (Å²) >= 11 is 1.42. The van der Waals surface area contributed by atoms with Crippen LogP contribution in [0.1, 0.15) is 17.3 Å². The molecule has 2 aromatic carbocycles. The minimum atomic E-state index is -3.32. The molecule has 0 unspecified atom stereocenters. The third kappa shape index (κ3) is 5.54. The highest BCUT2D eigenvalue weighted by Crippen LogP contribution is 2.34. The lowest BCUT2D eigenvalue weighted by molar-refractivity contribution is 0.0985. The molecule has 0 spiro atoms. The molecule has 0 aliphatic carbocycles. The maximum atomic E-state index is 13.3. The molecule has 0 bridgehead atoms. The van der Waals surface area contributed by atoms with Gasteiger partial charge in [0.05, 0.1) is 22.5 Å². The predicted octanol–water partition coefficient (Wildman–Crippen LogP) is 3.73. The number of halogens is 1. The first kappa shape index (κ1) is 25.1. The van der Waals surface area contributed by atoms with Crippen LogP contribution in [0.2, 0.25) is 0 Å². The average Bonchev–Trinajstić information content (AvgIpc) is 3.17. The Kier molecular flexibility index (Phi) is 8.41. The SMILES string of the molecule is CCS(=O)(=O)c1ccc(C(=O)N(CCN(C)C)c2nc3c(OC)cccc3s2)cc1.Cl. The van der Waals surface area contributed by atoms with E-state index in [2.05, 4.69) is 4.98 Å². The van der Waals surface area contributed by atoms with Crippen LogP contribution in [-0.4, -0.2) is 64.3 Å². The van der Waals surface area contributed by atoms with Gasteiger partial charge in [-0.25, -0.2) is 13.4 Å². The second-order valence-corrected chi connectivity index (χ2v) is 10.3. The smallest absolute Gasteiger partial charge is 0.260 e. The molecule has 168 valence electrons. The zero-order valence-electron chi connectivity index (χ0n) is 17.9. The third-order valence-electron chi connectivity index (χ3n) is 4.68. The molecule has 0 aliphatic heterocycles. The normalized spacial score (nSPS) is 11.4. The Morgan fingerprint density at radius 3 is 2.35 bits per heavy atom. The summed E-state index contributed by atoms with van der Waals surface area (Å²) in [5.41, 5.74) is 1.13. The second kappa shape index (κ2) is 10.4. The zero-order valence-corrected chi connectivity index (χ0v) is 20.3. The molecule has 0 radical (unpaired) electrons. The molecule has 3 aromatic rings. The van der Waals surface area contributed by atoms with Crippen LogP contribution in [0.5, 0.6) is 5.75 Å². The van der Waals surface area contributed by atoms with E-state index in [9.17, 15) is 13.2 Å². The van der Waals surface area contributed by atoms with Crippen molar-refractivity contribution in [1.82, 2.24) is 9.88 Å². The van der Waals surface area contributed by atoms with Gasteiger partial charge in [-0.15, -0.1) is 12.4 Å². The van der Waals surface area contributed by atoms with Crippen molar-refractivity contribution in [3.8, 4) is 5.75 Å². The summed E-state index contributed by atoms with van der Waals surface area (Å²) in [4.78, 5) is 21.8. The summed E-state index contributed by atoms with van der Waals surface area (Å²) < 4.78 is 30.4. The molecule has 1 amide bonds. The van der Waals surface area contributed by atoms with Crippen molar-refractivity contribution in [2.75, 3.05) is 44.9 Å². The van der Waals surface area contributed by atoms with E-state index in [-0.39, 0.29) is 29.0 Å². The van der Waals surface area contributed by atoms with Crippen molar-refractivity contribution in [3.05, 3.63) is 48.0 Å². The Labute approximate surface area is 193 Å². The molecule has 3 rings (SSSR count). The number of hydrogen-bond acceptors (Lipinski definition) is 7. The van der Waals surface area contributed by atoms with Crippen molar-refractivity contribution in [2.45, 2.75) is 11.8 Å². The largest absolute Gasteiger partial charge is 0.494 e. The number of hydrogen-bond donors (Lipinski definition) is 0. The van der Waals surface area contributed by atoms with Gasteiger partial charge < -0.3 is 9.64 Å². The predicted molar refractivity (Wildman–Crippen MR) is 128 cm³/mol. The van der Waals surface area contributed by atoms with E-state index >= 15 is 0 Å². The summed E-state index contributed by atoms with van der Waals surface area (Å²) in [7, 11) is 2.15. The fourth-order valence-corrected chi connectivity index (χ4v) is 4.79. The highest BCUT2D eigenvalue weighted by molar-refractivity contribution is 7.91. The molecule has 0 saturated heterocycles. The minimum Gasteiger partial charge on any atom is -0.494 e. The molecule has 1 heterocycles. The highest BCUT2D eigenvalue weighted by Gasteiger charge is 2.23. The first-order chi connectivity index (χ1) is 14.3. The lowest BCUT2D eigenvalue weighted by atomic mass is 10.2. The van der Waals surface area contributed by atoms with Gasteiger partial charge in [0.25, 0.3) is 5.91 Å². The molecular formula is C21H26ClN3O4S2. The summed E-state index contributed by atoms with van der Waals surface area (Å²) in [6.07, 6.45) is 0. The molecule has 0 saturated carbocycles. The van der Waals surface area contributed by atoms with Crippen LogP contribution in [0, 0.1) is 0 Å². The van der Waals surface area contributed by atoms with E-state index in [1.807, 2.05) is 37.2 Å². The summed E-state index contributed by atoms with van der Waals surface area (Å²) in [6.45, 7) is 2.70. The van der Waals surface area contributed by atoms with Gasteiger partial charge in [0, 0.05) is 18.7 Å². The van der Waals surface area contributed by atoms with Gasteiger partial charge in [-0.3, -0.25) is 9.69 Å². The number of methoxy groups -OCH3 is 1. The van der Waals surface area contributed by atoms with Crippen molar-refractivity contribution in [2.24, 2.45) is 0 Å². The number of sulfone groups is 1. The van der Waals surface area contributed by atoms with E-state index < -0.39 is 9.84 Å². The van der Waals surface area contributed by atoms with Crippen LogP contribution in [0.25, 0.3) is 10.2 Å². The molecule has 0 atom stereocenters. The monoisotopic (exact) mass is 483 g/mol. The van der Waals surface area contributed by atoms with Gasteiger partial charge in [0.15, 0.2) is 15.0 Å². The van der Waals surface area contributed by atoms with Crippen LogP contribution in [-0.2, 0) is 9.84 Å². The molecule has 0 N–H and O–H groups in total. The number of anilines is 1. The number of carbonyl (C=O) groups excluding carboxylic acids is 1. The Balaban J connectivity index is 0.00000341. The molecule has 10 heteroatoms. The van der Waals surface area contributed by atoms with Gasteiger partial charge in [-0.05, 0) is 50.5 Å². The Morgan fingerprint density at radius 1 is 1.10 bits per heavy atom. The van der Waals surface area contributed by atoms with Crippen LogP contribution in [0.4, 0.5) is 5.13 Å². The summed E-state index contributed by atoms with van der Waals surface area (Å²) in [5.74, 6) is 0.447. The number of nitrogens with zero attached hydrogens (tertiary/aromatic N) is 3. The van der Waals surface area contributed by atoms with E-state index in [0.29, 0.717) is 35.1 Å². The quantitative estimate of drug-likeness (QED) is 0.485. The first-order valence-corrected chi connectivity index (χ1v) is 12.0. The molecular weight excluding hydrogens is 458 g/mol. The van der Waals surface area contributed by atoms with Crippen molar-refractivity contribution in [3.63, 3.8) is 0 Å². The van der Waals surface area contributed by atoms with Gasteiger partial charge in [-0.2, -0.15) is 0 Å². The van der Waals surface area contributed by atoms with E-state index in [1.54, 1.807) is 31.1 Å². The van der Waals surface area contributed by atoms with Crippen molar-refractivity contribution < 1.29 is 17.9 Å². The Morgan fingerprint density at radius 2 is 1.77 bits per heavy atom. The van der Waals surface area contributed by atoms with E-state index in [4.69, 9.17) is 4.74 Å². The number of ether oxygens (including phenoxy) is 1. The lowest BCUT2D eigenvalue weighted by Crippen LogP contribution is -2.36. The maximum Gasteiger partial charge on any atom is 0.260 e. The fraction of sp³-hybridized carbons (Fsp3) is 0.333. The van der Waals surface area contributed by atoms with E-state index in [1.165, 1.54) is 23.5 Å². The van der Waals surface area contributed by atoms with Gasteiger partial charge in [0.1, 0.15) is 11.3 Å². The second-order valence-electron chi connectivity index (χ2n) is 6.99. The number of rotatable bonds is 8. The highest BCUT2D eigenvalue weighted by atomic mass is 35.5. The Bertz CT molecular complexity index is 1150. The number of amides is 1. The number of likely N-dealkylation sites (N-methyl/N-ethyl adjacent to an activating group) is 1. The van der Waals surface area contributed by atoms with Gasteiger partial charge in [0.2, 0.25) is 0 Å². The zero-order chi connectivity index (χ0) is 21.9. The fourth-order valence-electron chi connectivity index (χ4n) is 2.90. The molecule has 7 nitrogen and oxygen atoms in total. The van der Waals surface area contributed by atoms with Crippen molar-refractivity contribution >= 4 is 54.8 Å². The molecule has 1 aromatic heterocycles. The molecule has 0 fully saturated rings.